The van der Waals surface area contributed by atoms with E-state index in [4.69, 9.17) is 0 Å². The Morgan fingerprint density at radius 3 is 2.59 bits per heavy atom. The van der Waals surface area contributed by atoms with Crippen molar-refractivity contribution in [3.05, 3.63) is 76.3 Å². The topological polar surface area (TPSA) is 81.1 Å². The van der Waals surface area contributed by atoms with Crippen molar-refractivity contribution in [3.63, 3.8) is 0 Å². The van der Waals surface area contributed by atoms with Crippen LogP contribution in [0.25, 0.3) is 10.9 Å². The van der Waals surface area contributed by atoms with Crippen LogP contribution in [-0.2, 0) is 11.3 Å². The quantitative estimate of drug-likeness (QED) is 0.569. The molecule has 2 aromatic carbocycles. The molecule has 3 rings (SSSR count). The normalized spacial score (nSPS) is 10.1. The molecule has 0 aliphatic rings. The number of ketones is 1. The molecule has 0 spiro atoms. The summed E-state index contributed by atoms with van der Waals surface area (Å²) in [6, 6.07) is 13.9. The maximum absolute atomic E-state index is 12.3. The number of carbonyl (C=O) groups is 2. The third kappa shape index (κ3) is 4.47. The highest BCUT2D eigenvalue weighted by Crippen LogP contribution is 2.05. The fourth-order valence-electron chi connectivity index (χ4n) is 2.51. The van der Waals surface area contributed by atoms with Crippen LogP contribution in [-0.4, -0.2) is 27.8 Å². The van der Waals surface area contributed by atoms with E-state index in [-0.39, 0.29) is 30.3 Å². The first kappa shape index (κ1) is 18.1. The van der Waals surface area contributed by atoms with Gasteiger partial charge >= 0.3 is 0 Å². The summed E-state index contributed by atoms with van der Waals surface area (Å²) in [7, 11) is 0. The molecule has 0 fully saturated rings. The average molecular weight is 359 g/mol. The SMILES string of the molecule is CC(=O)c1ccc(C#CCNC(=O)Cn2cnc3ccccc3c2=O)cc1. The largest absolute Gasteiger partial charge is 0.344 e. The van der Waals surface area contributed by atoms with Crippen LogP contribution in [0.4, 0.5) is 0 Å². The lowest BCUT2D eigenvalue weighted by atomic mass is 10.1. The summed E-state index contributed by atoms with van der Waals surface area (Å²) in [4.78, 5) is 39.8. The minimum atomic E-state index is -0.324. The lowest BCUT2D eigenvalue weighted by Crippen LogP contribution is -2.32. The number of para-hydroxylation sites is 1. The third-order valence-electron chi connectivity index (χ3n) is 3.94. The maximum atomic E-state index is 12.3. The molecular weight excluding hydrogens is 342 g/mol. The van der Waals surface area contributed by atoms with Crippen molar-refractivity contribution in [2.24, 2.45) is 0 Å². The summed E-state index contributed by atoms with van der Waals surface area (Å²) in [5.74, 6) is 5.43. The number of hydrogen-bond donors (Lipinski definition) is 1. The number of nitrogens with one attached hydrogen (secondary N) is 1. The summed E-state index contributed by atoms with van der Waals surface area (Å²) >= 11 is 0. The molecule has 0 radical (unpaired) electrons. The summed E-state index contributed by atoms with van der Waals surface area (Å²) < 4.78 is 1.27. The van der Waals surface area contributed by atoms with Gasteiger partial charge in [-0.3, -0.25) is 19.0 Å². The molecule has 0 saturated carbocycles. The van der Waals surface area contributed by atoms with Gasteiger partial charge in [0.05, 0.1) is 23.8 Å². The predicted molar refractivity (Wildman–Crippen MR) is 102 cm³/mol. The summed E-state index contributed by atoms with van der Waals surface area (Å²) in [6.45, 7) is 1.54. The molecule has 0 saturated heterocycles. The summed E-state index contributed by atoms with van der Waals surface area (Å²) in [5, 5.41) is 3.13. The molecule has 0 aliphatic heterocycles. The number of carbonyl (C=O) groups excluding carboxylic acids is 2. The first-order valence-electron chi connectivity index (χ1n) is 8.35. The van der Waals surface area contributed by atoms with E-state index in [0.717, 1.165) is 5.56 Å². The molecule has 1 aromatic heterocycles. The van der Waals surface area contributed by atoms with Crippen molar-refractivity contribution >= 4 is 22.6 Å². The van der Waals surface area contributed by atoms with E-state index < -0.39 is 0 Å². The van der Waals surface area contributed by atoms with E-state index in [1.165, 1.54) is 17.8 Å². The van der Waals surface area contributed by atoms with Crippen molar-refractivity contribution in [1.29, 1.82) is 0 Å². The second-order valence-corrected chi connectivity index (χ2v) is 5.91. The van der Waals surface area contributed by atoms with E-state index in [2.05, 4.69) is 22.1 Å². The zero-order chi connectivity index (χ0) is 19.2. The number of Topliss-reactive ketones (excluding diaryl/α,β-unsaturated/α-hetero) is 1. The van der Waals surface area contributed by atoms with Gasteiger partial charge in [0.1, 0.15) is 6.54 Å². The molecule has 3 aromatic rings. The van der Waals surface area contributed by atoms with E-state index >= 15 is 0 Å². The van der Waals surface area contributed by atoms with Gasteiger partial charge < -0.3 is 5.32 Å². The Kier molecular flexibility index (Phi) is 5.43. The maximum Gasteiger partial charge on any atom is 0.261 e. The van der Waals surface area contributed by atoms with Crippen molar-refractivity contribution in [2.75, 3.05) is 6.54 Å². The Morgan fingerprint density at radius 1 is 1.11 bits per heavy atom. The van der Waals surface area contributed by atoms with Gasteiger partial charge in [-0.2, -0.15) is 0 Å². The second-order valence-electron chi connectivity index (χ2n) is 5.91. The Hall–Kier alpha value is -3.72. The number of fused-ring (bicyclic) bond motifs is 1. The lowest BCUT2D eigenvalue weighted by molar-refractivity contribution is -0.121. The van der Waals surface area contributed by atoms with Crippen molar-refractivity contribution in [3.8, 4) is 11.8 Å². The second kappa shape index (κ2) is 8.11. The fraction of sp³-hybridized carbons (Fsp3) is 0.143. The first-order valence-corrected chi connectivity index (χ1v) is 8.35. The molecule has 1 amide bonds. The Bertz CT molecular complexity index is 1120. The van der Waals surface area contributed by atoms with Gasteiger partial charge in [0.2, 0.25) is 5.91 Å². The number of hydrogen-bond acceptors (Lipinski definition) is 4. The van der Waals surface area contributed by atoms with Gasteiger partial charge in [-0.15, -0.1) is 0 Å². The molecule has 0 aliphatic carbocycles. The Labute approximate surface area is 155 Å². The van der Waals surface area contributed by atoms with Crippen LogP contribution >= 0.6 is 0 Å². The standard InChI is InChI=1S/C21H17N3O3/c1-15(25)17-10-8-16(9-11-17)5-4-12-22-20(26)13-24-14-23-19-7-3-2-6-18(19)21(24)27/h2-3,6-11,14H,12-13H2,1H3,(H,22,26). The smallest absolute Gasteiger partial charge is 0.261 e. The summed E-state index contributed by atoms with van der Waals surface area (Å²) in [6.07, 6.45) is 1.37. The highest BCUT2D eigenvalue weighted by molar-refractivity contribution is 5.94. The third-order valence-corrected chi connectivity index (χ3v) is 3.94. The van der Waals surface area contributed by atoms with Crippen LogP contribution in [0.2, 0.25) is 0 Å². The van der Waals surface area contributed by atoms with Gasteiger partial charge in [-0.1, -0.05) is 36.1 Å². The Morgan fingerprint density at radius 2 is 1.85 bits per heavy atom. The number of amides is 1. The molecule has 1 heterocycles. The van der Waals surface area contributed by atoms with Crippen LogP contribution in [0, 0.1) is 11.8 Å². The van der Waals surface area contributed by atoms with Gasteiger partial charge in [-0.05, 0) is 31.2 Å². The molecule has 1 N–H and O–H groups in total. The van der Waals surface area contributed by atoms with Gasteiger partial charge in [0.25, 0.3) is 5.56 Å². The average Bonchev–Trinajstić information content (AvgIpc) is 2.68. The monoisotopic (exact) mass is 359 g/mol. The van der Waals surface area contributed by atoms with Gasteiger partial charge in [-0.25, -0.2) is 4.98 Å². The van der Waals surface area contributed by atoms with Crippen LogP contribution < -0.4 is 10.9 Å². The number of nitrogens with zero attached hydrogens (tertiary/aromatic N) is 2. The van der Waals surface area contributed by atoms with E-state index in [0.29, 0.717) is 16.5 Å². The molecule has 6 nitrogen and oxygen atoms in total. The lowest BCUT2D eigenvalue weighted by Gasteiger charge is -2.06. The van der Waals surface area contributed by atoms with Crippen molar-refractivity contribution in [1.82, 2.24) is 14.9 Å². The first-order chi connectivity index (χ1) is 13.0. The highest BCUT2D eigenvalue weighted by atomic mass is 16.2. The molecule has 6 heteroatoms. The minimum Gasteiger partial charge on any atom is -0.344 e. The fourth-order valence-corrected chi connectivity index (χ4v) is 2.51. The molecule has 0 unspecified atom stereocenters. The molecule has 134 valence electrons. The van der Waals surface area contributed by atoms with Crippen molar-refractivity contribution in [2.45, 2.75) is 13.5 Å². The van der Waals surface area contributed by atoms with Crippen molar-refractivity contribution < 1.29 is 9.59 Å². The van der Waals surface area contributed by atoms with Crippen LogP contribution in [0.1, 0.15) is 22.8 Å². The molecule has 27 heavy (non-hydrogen) atoms. The van der Waals surface area contributed by atoms with E-state index in [1.807, 2.05) is 0 Å². The predicted octanol–water partition coefficient (Wildman–Crippen LogP) is 1.77. The van der Waals surface area contributed by atoms with Crippen LogP contribution in [0.3, 0.4) is 0 Å². The van der Waals surface area contributed by atoms with Crippen LogP contribution in [0.5, 0.6) is 0 Å². The van der Waals surface area contributed by atoms with Crippen LogP contribution in [0.15, 0.2) is 59.7 Å². The van der Waals surface area contributed by atoms with E-state index in [9.17, 15) is 14.4 Å². The van der Waals surface area contributed by atoms with Gasteiger partial charge in [0, 0.05) is 11.1 Å². The van der Waals surface area contributed by atoms with Gasteiger partial charge in [0.15, 0.2) is 5.78 Å². The zero-order valence-electron chi connectivity index (χ0n) is 14.7. The minimum absolute atomic E-state index is 0.000181. The zero-order valence-corrected chi connectivity index (χ0v) is 14.7. The summed E-state index contributed by atoms with van der Waals surface area (Å²) in [5.41, 5.74) is 1.72. The number of aromatic nitrogens is 2. The molecular formula is C21H17N3O3. The molecule has 0 atom stereocenters. The molecule has 0 bridgehead atoms. The number of benzene rings is 2. The number of rotatable bonds is 4. The Balaban J connectivity index is 1.58. The van der Waals surface area contributed by atoms with E-state index in [1.54, 1.807) is 48.5 Å². The highest BCUT2D eigenvalue weighted by Gasteiger charge is 2.07.